The van der Waals surface area contributed by atoms with Crippen LogP contribution in [0.5, 0.6) is 11.5 Å². The zero-order valence-corrected chi connectivity index (χ0v) is 18.7. The maximum atomic E-state index is 12.9. The molecular weight excluding hydrogens is 457 g/mol. The molecular formula is C22H19F3N4O3S. The first-order valence-corrected chi connectivity index (χ1v) is 10.7. The average molecular weight is 476 g/mol. The molecule has 0 bridgehead atoms. The summed E-state index contributed by atoms with van der Waals surface area (Å²) < 4.78 is 51.3. The number of pyridine rings is 1. The highest BCUT2D eigenvalue weighted by Crippen LogP contribution is 2.35. The van der Waals surface area contributed by atoms with Crippen LogP contribution in [0.2, 0.25) is 0 Å². The van der Waals surface area contributed by atoms with Gasteiger partial charge in [0.1, 0.15) is 0 Å². The number of aromatic nitrogens is 3. The summed E-state index contributed by atoms with van der Waals surface area (Å²) in [6, 6.07) is 10.1. The smallest absolute Gasteiger partial charge is 0.416 e. The van der Waals surface area contributed by atoms with Crippen molar-refractivity contribution in [2.24, 2.45) is 0 Å². The number of carbonyl (C=O) groups is 1. The first kappa shape index (κ1) is 22.7. The van der Waals surface area contributed by atoms with Crippen LogP contribution >= 0.6 is 11.8 Å². The van der Waals surface area contributed by atoms with Crippen LogP contribution in [0.1, 0.15) is 11.1 Å². The summed E-state index contributed by atoms with van der Waals surface area (Å²) >= 11 is 1.12. The van der Waals surface area contributed by atoms with Crippen molar-refractivity contribution in [2.45, 2.75) is 18.3 Å². The summed E-state index contributed by atoms with van der Waals surface area (Å²) in [4.78, 5) is 12.4. The van der Waals surface area contributed by atoms with Crippen molar-refractivity contribution < 1.29 is 27.4 Å². The number of anilines is 1. The monoisotopic (exact) mass is 476 g/mol. The molecule has 4 rings (SSSR count). The first-order valence-electron chi connectivity index (χ1n) is 9.71. The normalized spacial score (nSPS) is 11.7. The van der Waals surface area contributed by atoms with E-state index in [1.807, 2.05) is 23.5 Å². The van der Waals surface area contributed by atoms with Crippen LogP contribution in [-0.4, -0.2) is 40.5 Å². The molecule has 0 atom stereocenters. The molecule has 2 heterocycles. The van der Waals surface area contributed by atoms with Gasteiger partial charge < -0.3 is 14.8 Å². The SMILES string of the molecule is COc1cc2cc(C)c3nnc(SCC(=O)Nc4cccc(C(F)(F)F)c4)n3c2cc1OC. The van der Waals surface area contributed by atoms with Gasteiger partial charge in [0.2, 0.25) is 5.91 Å². The highest BCUT2D eigenvalue weighted by molar-refractivity contribution is 7.99. The van der Waals surface area contributed by atoms with Gasteiger partial charge in [0.15, 0.2) is 22.3 Å². The van der Waals surface area contributed by atoms with Crippen molar-refractivity contribution >= 4 is 39.9 Å². The second kappa shape index (κ2) is 8.81. The Labute approximate surface area is 190 Å². The van der Waals surface area contributed by atoms with Crippen LogP contribution in [0.15, 0.2) is 47.6 Å². The fraction of sp³-hybridized carbons (Fsp3) is 0.227. The number of benzene rings is 2. The zero-order valence-electron chi connectivity index (χ0n) is 17.9. The molecule has 0 saturated heterocycles. The molecule has 2 aromatic heterocycles. The molecule has 2 aromatic carbocycles. The van der Waals surface area contributed by atoms with Gasteiger partial charge in [-0.25, -0.2) is 0 Å². The quantitative estimate of drug-likeness (QED) is 0.397. The van der Waals surface area contributed by atoms with Crippen molar-refractivity contribution in [2.75, 3.05) is 25.3 Å². The Kier molecular flexibility index (Phi) is 6.07. The molecule has 0 saturated carbocycles. The molecule has 0 fully saturated rings. The molecule has 0 spiro atoms. The topological polar surface area (TPSA) is 77.8 Å². The molecule has 7 nitrogen and oxygen atoms in total. The number of nitrogens with one attached hydrogen (secondary N) is 1. The molecule has 1 amide bonds. The van der Waals surface area contributed by atoms with Crippen molar-refractivity contribution in [1.82, 2.24) is 14.6 Å². The lowest BCUT2D eigenvalue weighted by atomic mass is 10.1. The van der Waals surface area contributed by atoms with Gasteiger partial charge in [-0.15, -0.1) is 10.2 Å². The third-order valence-corrected chi connectivity index (χ3v) is 5.87. The predicted octanol–water partition coefficient (Wildman–Crippen LogP) is 4.96. The van der Waals surface area contributed by atoms with E-state index in [1.54, 1.807) is 13.2 Å². The van der Waals surface area contributed by atoms with E-state index in [0.29, 0.717) is 22.3 Å². The standard InChI is InChI=1S/C22H19F3N4O3S/c1-12-7-13-8-17(31-2)18(32-3)10-16(13)29-20(12)27-28-21(29)33-11-19(30)26-15-6-4-5-14(9-15)22(23,24)25/h4-10H,11H2,1-3H3,(H,26,30). The van der Waals surface area contributed by atoms with Gasteiger partial charge in [-0.1, -0.05) is 17.8 Å². The molecule has 172 valence electrons. The number of rotatable bonds is 6. The fourth-order valence-corrected chi connectivity index (χ4v) is 4.17. The largest absolute Gasteiger partial charge is 0.493 e. The van der Waals surface area contributed by atoms with Gasteiger partial charge in [-0.2, -0.15) is 13.2 Å². The van der Waals surface area contributed by atoms with E-state index in [2.05, 4.69) is 15.5 Å². The van der Waals surface area contributed by atoms with Gasteiger partial charge in [-0.05, 0) is 42.8 Å². The number of methoxy groups -OCH3 is 2. The van der Waals surface area contributed by atoms with Gasteiger partial charge in [0, 0.05) is 17.1 Å². The Bertz CT molecular complexity index is 1350. The third kappa shape index (κ3) is 4.54. The second-order valence-corrected chi connectivity index (χ2v) is 8.09. The van der Waals surface area contributed by atoms with Gasteiger partial charge >= 0.3 is 6.18 Å². The van der Waals surface area contributed by atoms with Crippen LogP contribution in [0.4, 0.5) is 18.9 Å². The minimum Gasteiger partial charge on any atom is -0.493 e. The molecule has 0 aliphatic rings. The Morgan fingerprint density at radius 3 is 2.52 bits per heavy atom. The van der Waals surface area contributed by atoms with Gasteiger partial charge in [0.05, 0.1) is 31.1 Å². The molecule has 11 heteroatoms. The Balaban J connectivity index is 1.61. The number of thioether (sulfide) groups is 1. The number of aryl methyl sites for hydroxylation is 1. The average Bonchev–Trinajstić information content (AvgIpc) is 3.21. The van der Waals surface area contributed by atoms with Crippen LogP contribution in [-0.2, 0) is 11.0 Å². The van der Waals surface area contributed by atoms with E-state index < -0.39 is 17.6 Å². The molecule has 0 radical (unpaired) electrons. The lowest BCUT2D eigenvalue weighted by molar-refractivity contribution is -0.137. The highest BCUT2D eigenvalue weighted by Gasteiger charge is 2.30. The number of nitrogens with zero attached hydrogens (tertiary/aromatic N) is 3. The van der Waals surface area contributed by atoms with Crippen LogP contribution in [0.25, 0.3) is 16.6 Å². The molecule has 4 aromatic rings. The van der Waals surface area contributed by atoms with E-state index in [4.69, 9.17) is 9.47 Å². The molecule has 0 aliphatic carbocycles. The molecule has 1 N–H and O–H groups in total. The zero-order chi connectivity index (χ0) is 23.8. The molecule has 33 heavy (non-hydrogen) atoms. The minimum absolute atomic E-state index is 0.0691. The number of fused-ring (bicyclic) bond motifs is 3. The van der Waals surface area contributed by atoms with Crippen LogP contribution in [0, 0.1) is 6.92 Å². The van der Waals surface area contributed by atoms with E-state index in [9.17, 15) is 18.0 Å². The summed E-state index contributed by atoms with van der Waals surface area (Å²) in [5, 5.41) is 12.3. The summed E-state index contributed by atoms with van der Waals surface area (Å²) in [5.41, 5.74) is 1.50. The number of carbonyl (C=O) groups excluding carboxylic acids is 1. The van der Waals surface area contributed by atoms with E-state index in [-0.39, 0.29) is 11.4 Å². The van der Waals surface area contributed by atoms with E-state index in [0.717, 1.165) is 40.4 Å². The number of amides is 1. The fourth-order valence-electron chi connectivity index (χ4n) is 3.43. The summed E-state index contributed by atoms with van der Waals surface area (Å²) in [7, 11) is 3.09. The number of halogens is 3. The molecule has 0 unspecified atom stereocenters. The Hall–Kier alpha value is -3.47. The van der Waals surface area contributed by atoms with Crippen molar-refractivity contribution in [3.8, 4) is 11.5 Å². The summed E-state index contributed by atoms with van der Waals surface area (Å²) in [5.74, 6) is 0.570. The Morgan fingerprint density at radius 2 is 1.82 bits per heavy atom. The first-order chi connectivity index (χ1) is 15.7. The summed E-state index contributed by atoms with van der Waals surface area (Å²) in [6.07, 6.45) is -4.49. The number of hydrogen-bond donors (Lipinski definition) is 1. The van der Waals surface area contributed by atoms with Crippen LogP contribution < -0.4 is 14.8 Å². The lowest BCUT2D eigenvalue weighted by Gasteiger charge is -2.12. The third-order valence-electron chi connectivity index (χ3n) is 4.94. The lowest BCUT2D eigenvalue weighted by Crippen LogP contribution is -2.15. The van der Waals surface area contributed by atoms with Crippen molar-refractivity contribution in [3.63, 3.8) is 0 Å². The number of ether oxygens (including phenoxy) is 2. The van der Waals surface area contributed by atoms with Crippen molar-refractivity contribution in [1.29, 1.82) is 0 Å². The highest BCUT2D eigenvalue weighted by atomic mass is 32.2. The second-order valence-electron chi connectivity index (χ2n) is 7.15. The van der Waals surface area contributed by atoms with E-state index >= 15 is 0 Å². The van der Waals surface area contributed by atoms with E-state index in [1.165, 1.54) is 19.2 Å². The number of hydrogen-bond acceptors (Lipinski definition) is 6. The minimum atomic E-state index is -4.49. The number of alkyl halides is 3. The van der Waals surface area contributed by atoms with Crippen LogP contribution in [0.3, 0.4) is 0 Å². The van der Waals surface area contributed by atoms with Gasteiger partial charge in [-0.3, -0.25) is 9.20 Å². The molecule has 0 aliphatic heterocycles. The van der Waals surface area contributed by atoms with Crippen molar-refractivity contribution in [3.05, 3.63) is 53.6 Å². The van der Waals surface area contributed by atoms with Gasteiger partial charge in [0.25, 0.3) is 0 Å². The Morgan fingerprint density at radius 1 is 1.09 bits per heavy atom. The maximum Gasteiger partial charge on any atom is 0.416 e. The predicted molar refractivity (Wildman–Crippen MR) is 119 cm³/mol. The maximum absolute atomic E-state index is 12.9. The summed E-state index contributed by atoms with van der Waals surface area (Å²) in [6.45, 7) is 1.90.